The molecule has 1 saturated carbocycles. The summed E-state index contributed by atoms with van der Waals surface area (Å²) in [5.41, 5.74) is 5.70. The Hall–Kier alpha value is -1.10. The summed E-state index contributed by atoms with van der Waals surface area (Å²) >= 11 is 0. The third kappa shape index (κ3) is 3.87. The predicted molar refractivity (Wildman–Crippen MR) is 55.2 cm³/mol. The minimum Gasteiger partial charge on any atom is -0.481 e. The van der Waals surface area contributed by atoms with Crippen LogP contribution in [0.4, 0.5) is 0 Å². The van der Waals surface area contributed by atoms with Crippen LogP contribution in [0.3, 0.4) is 0 Å². The van der Waals surface area contributed by atoms with Crippen molar-refractivity contribution in [2.75, 3.05) is 0 Å². The lowest BCUT2D eigenvalue weighted by atomic mass is 10.1. The molecule has 1 aliphatic carbocycles. The van der Waals surface area contributed by atoms with E-state index in [1.165, 1.54) is 0 Å². The molecular formula is C10H18N2O3. The smallest absolute Gasteiger partial charge is 0.305 e. The van der Waals surface area contributed by atoms with Gasteiger partial charge in [-0.25, -0.2) is 0 Å². The molecule has 1 amide bonds. The highest BCUT2D eigenvalue weighted by Gasteiger charge is 2.28. The highest BCUT2D eigenvalue weighted by Crippen LogP contribution is 2.24. The zero-order valence-electron chi connectivity index (χ0n) is 8.90. The Morgan fingerprint density at radius 2 is 2.20 bits per heavy atom. The summed E-state index contributed by atoms with van der Waals surface area (Å²) in [5.74, 6) is -0.987. The Morgan fingerprint density at radius 1 is 1.53 bits per heavy atom. The monoisotopic (exact) mass is 214 g/mol. The molecule has 0 aliphatic heterocycles. The van der Waals surface area contributed by atoms with Crippen LogP contribution in [0.1, 0.15) is 32.6 Å². The van der Waals surface area contributed by atoms with E-state index in [2.05, 4.69) is 5.32 Å². The Bertz CT molecular complexity index is 255. The fourth-order valence-corrected chi connectivity index (χ4v) is 1.93. The van der Waals surface area contributed by atoms with Crippen LogP contribution in [-0.4, -0.2) is 29.1 Å². The first-order chi connectivity index (χ1) is 6.99. The van der Waals surface area contributed by atoms with Crippen LogP contribution in [0.5, 0.6) is 0 Å². The van der Waals surface area contributed by atoms with Crippen LogP contribution in [0.15, 0.2) is 0 Å². The standard InChI is InChI=1S/C10H18N2O3/c1-6(4-9(13)14)12-10(15)7-2-3-8(11)5-7/h6-8H,2-5,11H2,1H3,(H,12,15)(H,13,14). The van der Waals surface area contributed by atoms with Crippen molar-refractivity contribution in [3.8, 4) is 0 Å². The van der Waals surface area contributed by atoms with Crippen molar-refractivity contribution in [2.45, 2.75) is 44.7 Å². The van der Waals surface area contributed by atoms with Gasteiger partial charge in [-0.1, -0.05) is 0 Å². The number of nitrogens with one attached hydrogen (secondary N) is 1. The van der Waals surface area contributed by atoms with Crippen molar-refractivity contribution in [2.24, 2.45) is 11.7 Å². The predicted octanol–water partition coefficient (Wildman–Crippen LogP) is 0.0932. The van der Waals surface area contributed by atoms with Crippen molar-refractivity contribution >= 4 is 11.9 Å². The molecule has 0 heterocycles. The van der Waals surface area contributed by atoms with Gasteiger partial charge in [-0.3, -0.25) is 9.59 Å². The first-order valence-corrected chi connectivity index (χ1v) is 5.26. The first kappa shape index (κ1) is 12.0. The molecule has 3 atom stereocenters. The van der Waals surface area contributed by atoms with Crippen LogP contribution in [0.2, 0.25) is 0 Å². The van der Waals surface area contributed by atoms with E-state index in [0.29, 0.717) is 6.42 Å². The first-order valence-electron chi connectivity index (χ1n) is 5.26. The van der Waals surface area contributed by atoms with Gasteiger partial charge in [0.15, 0.2) is 0 Å². The molecule has 0 spiro atoms. The maximum absolute atomic E-state index is 11.6. The van der Waals surface area contributed by atoms with Crippen molar-refractivity contribution < 1.29 is 14.7 Å². The minimum atomic E-state index is -0.897. The second kappa shape index (κ2) is 5.11. The average molecular weight is 214 g/mol. The molecule has 3 unspecified atom stereocenters. The molecule has 0 bridgehead atoms. The highest BCUT2D eigenvalue weighted by molar-refractivity contribution is 5.80. The number of amides is 1. The lowest BCUT2D eigenvalue weighted by molar-refractivity contribution is -0.137. The van der Waals surface area contributed by atoms with Gasteiger partial charge in [-0.05, 0) is 26.2 Å². The summed E-state index contributed by atoms with van der Waals surface area (Å²) < 4.78 is 0. The van der Waals surface area contributed by atoms with E-state index in [1.807, 2.05) is 0 Å². The average Bonchev–Trinajstić information content (AvgIpc) is 2.49. The molecule has 1 aliphatic rings. The van der Waals surface area contributed by atoms with Crippen LogP contribution in [0, 0.1) is 5.92 Å². The molecule has 0 aromatic heterocycles. The van der Waals surface area contributed by atoms with Crippen LogP contribution < -0.4 is 11.1 Å². The molecule has 0 aromatic rings. The third-order valence-electron chi connectivity index (χ3n) is 2.71. The van der Waals surface area contributed by atoms with Gasteiger partial charge in [0.05, 0.1) is 6.42 Å². The molecule has 0 radical (unpaired) electrons. The van der Waals surface area contributed by atoms with E-state index in [0.717, 1.165) is 12.8 Å². The summed E-state index contributed by atoms with van der Waals surface area (Å²) in [6.07, 6.45) is 2.37. The highest BCUT2D eigenvalue weighted by atomic mass is 16.4. The number of carboxylic acid groups (broad SMARTS) is 1. The van der Waals surface area contributed by atoms with Gasteiger partial charge < -0.3 is 16.2 Å². The topological polar surface area (TPSA) is 92.4 Å². The van der Waals surface area contributed by atoms with Crippen LogP contribution >= 0.6 is 0 Å². The van der Waals surface area contributed by atoms with Gasteiger partial charge in [-0.15, -0.1) is 0 Å². The number of nitrogens with two attached hydrogens (primary N) is 1. The molecule has 15 heavy (non-hydrogen) atoms. The van der Waals surface area contributed by atoms with E-state index in [9.17, 15) is 9.59 Å². The maximum atomic E-state index is 11.6. The summed E-state index contributed by atoms with van der Waals surface area (Å²) in [4.78, 5) is 22.0. The number of hydrogen-bond acceptors (Lipinski definition) is 3. The van der Waals surface area contributed by atoms with Crippen molar-refractivity contribution in [3.05, 3.63) is 0 Å². The second-order valence-corrected chi connectivity index (χ2v) is 4.28. The Morgan fingerprint density at radius 3 is 2.67 bits per heavy atom. The normalized spacial score (nSPS) is 27.3. The second-order valence-electron chi connectivity index (χ2n) is 4.28. The molecule has 0 aromatic carbocycles. The van der Waals surface area contributed by atoms with Crippen LogP contribution in [-0.2, 0) is 9.59 Å². The van der Waals surface area contributed by atoms with Gasteiger partial charge in [0.2, 0.25) is 5.91 Å². The Labute approximate surface area is 89.0 Å². The maximum Gasteiger partial charge on any atom is 0.305 e. The van der Waals surface area contributed by atoms with Gasteiger partial charge >= 0.3 is 5.97 Å². The van der Waals surface area contributed by atoms with Crippen molar-refractivity contribution in [1.82, 2.24) is 5.32 Å². The summed E-state index contributed by atoms with van der Waals surface area (Å²) in [5, 5.41) is 11.2. The SMILES string of the molecule is CC(CC(=O)O)NC(=O)C1CCC(N)C1. The van der Waals surface area contributed by atoms with Gasteiger partial charge in [0, 0.05) is 18.0 Å². The van der Waals surface area contributed by atoms with E-state index < -0.39 is 5.97 Å². The van der Waals surface area contributed by atoms with Gasteiger partial charge in [0.1, 0.15) is 0 Å². The number of carbonyl (C=O) groups excluding carboxylic acids is 1. The van der Waals surface area contributed by atoms with E-state index in [4.69, 9.17) is 10.8 Å². The number of hydrogen-bond donors (Lipinski definition) is 3. The van der Waals surface area contributed by atoms with E-state index in [-0.39, 0.29) is 30.3 Å². The molecule has 5 heteroatoms. The minimum absolute atomic E-state index is 0.0313. The molecule has 1 rings (SSSR count). The Balaban J connectivity index is 2.32. The summed E-state index contributed by atoms with van der Waals surface area (Å²) in [6, 6.07) is -0.192. The number of aliphatic carboxylic acids is 1. The van der Waals surface area contributed by atoms with E-state index >= 15 is 0 Å². The molecule has 5 nitrogen and oxygen atoms in total. The van der Waals surface area contributed by atoms with Crippen molar-refractivity contribution in [1.29, 1.82) is 0 Å². The molecule has 86 valence electrons. The number of carbonyl (C=O) groups is 2. The molecule has 0 saturated heterocycles. The zero-order valence-corrected chi connectivity index (χ0v) is 8.90. The molecule has 4 N–H and O–H groups in total. The number of rotatable bonds is 4. The molecule has 1 fully saturated rings. The zero-order chi connectivity index (χ0) is 11.4. The summed E-state index contributed by atoms with van der Waals surface area (Å²) in [7, 11) is 0. The number of carboxylic acids is 1. The largest absolute Gasteiger partial charge is 0.481 e. The van der Waals surface area contributed by atoms with Gasteiger partial charge in [-0.2, -0.15) is 0 Å². The third-order valence-corrected chi connectivity index (χ3v) is 2.71. The summed E-state index contributed by atoms with van der Waals surface area (Å²) in [6.45, 7) is 1.70. The molecular weight excluding hydrogens is 196 g/mol. The van der Waals surface area contributed by atoms with Crippen LogP contribution in [0.25, 0.3) is 0 Å². The lowest BCUT2D eigenvalue weighted by Gasteiger charge is -2.15. The van der Waals surface area contributed by atoms with Crippen molar-refractivity contribution in [3.63, 3.8) is 0 Å². The van der Waals surface area contributed by atoms with E-state index in [1.54, 1.807) is 6.92 Å². The lowest BCUT2D eigenvalue weighted by Crippen LogP contribution is -2.38. The Kier molecular flexibility index (Phi) is 4.08. The van der Waals surface area contributed by atoms with Gasteiger partial charge in [0.25, 0.3) is 0 Å². The fraction of sp³-hybridized carbons (Fsp3) is 0.800. The fourth-order valence-electron chi connectivity index (χ4n) is 1.93. The quantitative estimate of drug-likeness (QED) is 0.618.